The van der Waals surface area contributed by atoms with Crippen LogP contribution in [0.2, 0.25) is 0 Å². The Bertz CT molecular complexity index is 783. The summed E-state index contributed by atoms with van der Waals surface area (Å²) in [6, 6.07) is 4.56. The molecule has 2 aliphatic heterocycles. The standard InChI is InChI=1S/C26H44B2O4/c1-21(2,3)17-15-20(28-31-25(11,12)26(13,14)32-28)18(22(4,5)6)16-19(17)27-29-23(7,8)24(9,10)30-27/h15-16H,1-14H3. The SMILES string of the molecule is CC(C)(C)c1cc(B2OC(C)(C)C(C)(C)O2)c(C(C)(C)C)cc1B1OC(C)(C)C(C)(C)O1. The van der Waals surface area contributed by atoms with E-state index in [1.807, 2.05) is 0 Å². The molecule has 0 saturated carbocycles. The number of hydrogen-bond donors (Lipinski definition) is 0. The quantitative estimate of drug-likeness (QED) is 0.612. The smallest absolute Gasteiger partial charge is 0.399 e. The molecule has 2 fully saturated rings. The van der Waals surface area contributed by atoms with Crippen LogP contribution in [0.1, 0.15) is 108 Å². The molecule has 2 saturated heterocycles. The van der Waals surface area contributed by atoms with E-state index in [0.717, 1.165) is 10.9 Å². The van der Waals surface area contributed by atoms with Crippen LogP contribution in [0.5, 0.6) is 0 Å². The van der Waals surface area contributed by atoms with Gasteiger partial charge in [0, 0.05) is 0 Å². The summed E-state index contributed by atoms with van der Waals surface area (Å²) in [5.41, 5.74) is 2.84. The van der Waals surface area contributed by atoms with Gasteiger partial charge in [0.1, 0.15) is 0 Å². The highest BCUT2D eigenvalue weighted by Crippen LogP contribution is 2.40. The first-order chi connectivity index (χ1) is 14.1. The van der Waals surface area contributed by atoms with E-state index in [0.29, 0.717) is 0 Å². The molecule has 3 rings (SSSR count). The number of benzene rings is 1. The van der Waals surface area contributed by atoms with Crippen molar-refractivity contribution in [3.05, 3.63) is 23.3 Å². The second-order valence-electron chi connectivity index (χ2n) is 13.7. The summed E-state index contributed by atoms with van der Waals surface area (Å²) >= 11 is 0. The minimum atomic E-state index is -0.414. The van der Waals surface area contributed by atoms with Crippen LogP contribution in [-0.4, -0.2) is 36.6 Å². The zero-order chi connectivity index (χ0) is 24.7. The third-order valence-corrected chi connectivity index (χ3v) is 7.85. The van der Waals surface area contributed by atoms with E-state index >= 15 is 0 Å². The zero-order valence-corrected chi connectivity index (χ0v) is 22.9. The maximum absolute atomic E-state index is 6.50. The molecule has 1 aromatic carbocycles. The summed E-state index contributed by atoms with van der Waals surface area (Å²) in [6.07, 6.45) is 0. The summed E-state index contributed by atoms with van der Waals surface area (Å²) in [5, 5.41) is 0. The number of hydrogen-bond acceptors (Lipinski definition) is 4. The molecule has 2 heterocycles. The molecule has 4 nitrogen and oxygen atoms in total. The van der Waals surface area contributed by atoms with Crippen molar-refractivity contribution in [3.8, 4) is 0 Å². The summed E-state index contributed by atoms with van der Waals surface area (Å²) < 4.78 is 26.0. The van der Waals surface area contributed by atoms with Crippen molar-refractivity contribution in [2.75, 3.05) is 0 Å². The Kier molecular flexibility index (Phi) is 5.92. The van der Waals surface area contributed by atoms with Crippen molar-refractivity contribution < 1.29 is 18.6 Å². The van der Waals surface area contributed by atoms with Crippen molar-refractivity contribution in [3.63, 3.8) is 0 Å². The lowest BCUT2D eigenvalue weighted by molar-refractivity contribution is 0.00578. The molecule has 0 aromatic heterocycles. The molecule has 2 aliphatic rings. The van der Waals surface area contributed by atoms with Gasteiger partial charge in [-0.25, -0.2) is 0 Å². The summed E-state index contributed by atoms with van der Waals surface area (Å²) in [5.74, 6) is 0. The number of rotatable bonds is 2. The second-order valence-corrected chi connectivity index (χ2v) is 13.7. The van der Waals surface area contributed by atoms with Crippen LogP contribution in [-0.2, 0) is 29.4 Å². The van der Waals surface area contributed by atoms with Crippen LogP contribution in [0, 0.1) is 0 Å². The van der Waals surface area contributed by atoms with Crippen molar-refractivity contribution in [1.29, 1.82) is 0 Å². The molecule has 0 atom stereocenters. The van der Waals surface area contributed by atoms with Crippen LogP contribution >= 0.6 is 0 Å². The predicted octanol–water partition coefficient (Wildman–Crippen LogP) is 4.88. The Balaban J connectivity index is 2.22. The Morgan fingerprint density at radius 1 is 0.500 bits per heavy atom. The molecule has 178 valence electrons. The lowest BCUT2D eigenvalue weighted by atomic mass is 9.62. The third-order valence-electron chi connectivity index (χ3n) is 7.85. The predicted molar refractivity (Wildman–Crippen MR) is 135 cm³/mol. The highest BCUT2D eigenvalue weighted by molar-refractivity contribution is 6.65. The van der Waals surface area contributed by atoms with Crippen molar-refractivity contribution in [2.24, 2.45) is 0 Å². The van der Waals surface area contributed by atoms with Gasteiger partial charge in [0.15, 0.2) is 0 Å². The molecule has 0 N–H and O–H groups in total. The molecule has 32 heavy (non-hydrogen) atoms. The Hall–Kier alpha value is -0.810. The van der Waals surface area contributed by atoms with Gasteiger partial charge < -0.3 is 18.6 Å². The van der Waals surface area contributed by atoms with Crippen molar-refractivity contribution in [2.45, 2.75) is 130 Å². The largest absolute Gasteiger partial charge is 0.495 e. The van der Waals surface area contributed by atoms with Gasteiger partial charge in [0.2, 0.25) is 0 Å². The molecular formula is C26H44B2O4. The van der Waals surface area contributed by atoms with Gasteiger partial charge in [-0.3, -0.25) is 0 Å². The lowest BCUT2D eigenvalue weighted by Crippen LogP contribution is -2.47. The highest BCUT2D eigenvalue weighted by Gasteiger charge is 2.55. The maximum atomic E-state index is 6.50. The molecule has 0 bridgehead atoms. The fourth-order valence-corrected chi connectivity index (χ4v) is 4.26. The first-order valence-corrected chi connectivity index (χ1v) is 12.0. The lowest BCUT2D eigenvalue weighted by Gasteiger charge is -2.32. The van der Waals surface area contributed by atoms with Crippen LogP contribution in [0.25, 0.3) is 0 Å². The topological polar surface area (TPSA) is 36.9 Å². The average molecular weight is 442 g/mol. The third kappa shape index (κ3) is 4.33. The van der Waals surface area contributed by atoms with E-state index < -0.39 is 14.2 Å². The van der Waals surface area contributed by atoms with Crippen LogP contribution in [0.4, 0.5) is 0 Å². The van der Waals surface area contributed by atoms with Crippen LogP contribution in [0.15, 0.2) is 12.1 Å². The van der Waals surface area contributed by atoms with Crippen molar-refractivity contribution >= 4 is 25.2 Å². The van der Waals surface area contributed by atoms with Gasteiger partial charge in [-0.05, 0) is 88.3 Å². The summed E-state index contributed by atoms with van der Waals surface area (Å²) in [4.78, 5) is 0. The first kappa shape index (κ1) is 25.8. The Labute approximate surface area is 197 Å². The van der Waals surface area contributed by atoms with Gasteiger partial charge in [-0.15, -0.1) is 0 Å². The van der Waals surface area contributed by atoms with Gasteiger partial charge in [0.05, 0.1) is 22.4 Å². The van der Waals surface area contributed by atoms with Gasteiger partial charge in [-0.2, -0.15) is 0 Å². The molecule has 6 heteroatoms. The van der Waals surface area contributed by atoms with E-state index in [9.17, 15) is 0 Å². The molecule has 0 amide bonds. The Morgan fingerprint density at radius 3 is 0.906 bits per heavy atom. The van der Waals surface area contributed by atoms with Gasteiger partial charge in [0.25, 0.3) is 0 Å². The van der Waals surface area contributed by atoms with Crippen LogP contribution < -0.4 is 10.9 Å². The van der Waals surface area contributed by atoms with E-state index in [1.165, 1.54) is 11.1 Å². The molecule has 0 spiro atoms. The van der Waals surface area contributed by atoms with E-state index in [-0.39, 0.29) is 33.2 Å². The van der Waals surface area contributed by atoms with Crippen molar-refractivity contribution in [1.82, 2.24) is 0 Å². The molecular weight excluding hydrogens is 398 g/mol. The molecule has 0 aliphatic carbocycles. The first-order valence-electron chi connectivity index (χ1n) is 12.0. The minimum Gasteiger partial charge on any atom is -0.399 e. The van der Waals surface area contributed by atoms with Gasteiger partial charge in [-0.1, -0.05) is 53.7 Å². The van der Waals surface area contributed by atoms with E-state index in [2.05, 4.69) is 109 Å². The van der Waals surface area contributed by atoms with E-state index in [4.69, 9.17) is 18.6 Å². The average Bonchev–Trinajstić information content (AvgIpc) is 2.91. The molecule has 1 aromatic rings. The minimum absolute atomic E-state index is 0.103. The summed E-state index contributed by atoms with van der Waals surface area (Å²) in [7, 11) is -0.828. The molecule has 0 radical (unpaired) electrons. The zero-order valence-electron chi connectivity index (χ0n) is 22.9. The Morgan fingerprint density at radius 2 is 0.719 bits per heavy atom. The maximum Gasteiger partial charge on any atom is 0.495 e. The fourth-order valence-electron chi connectivity index (χ4n) is 4.26. The van der Waals surface area contributed by atoms with Crippen LogP contribution in [0.3, 0.4) is 0 Å². The highest BCUT2D eigenvalue weighted by atomic mass is 16.7. The summed E-state index contributed by atoms with van der Waals surface area (Å²) in [6.45, 7) is 30.3. The monoisotopic (exact) mass is 442 g/mol. The fraction of sp³-hybridized carbons (Fsp3) is 0.769. The normalized spacial score (nSPS) is 24.3. The molecule has 0 unspecified atom stereocenters. The van der Waals surface area contributed by atoms with Gasteiger partial charge >= 0.3 is 14.2 Å². The van der Waals surface area contributed by atoms with E-state index in [1.54, 1.807) is 0 Å². The second kappa shape index (κ2) is 7.34.